The SMILES string of the molecule is CC1CN(CC2CCCN2Cc2ncnn2CC(F)F)CC(C)O1. The van der Waals surface area contributed by atoms with Crippen molar-refractivity contribution in [1.29, 1.82) is 0 Å². The van der Waals surface area contributed by atoms with Gasteiger partial charge in [-0.3, -0.25) is 9.80 Å². The average molecular weight is 343 g/mol. The highest BCUT2D eigenvalue weighted by atomic mass is 19.3. The van der Waals surface area contributed by atoms with E-state index < -0.39 is 6.43 Å². The summed E-state index contributed by atoms with van der Waals surface area (Å²) in [6.07, 6.45) is 1.77. The van der Waals surface area contributed by atoms with Crippen molar-refractivity contribution in [3.05, 3.63) is 12.2 Å². The van der Waals surface area contributed by atoms with E-state index in [1.54, 1.807) is 0 Å². The Bertz CT molecular complexity index is 516. The van der Waals surface area contributed by atoms with Gasteiger partial charge in [0, 0.05) is 25.7 Å². The van der Waals surface area contributed by atoms with Crippen molar-refractivity contribution >= 4 is 0 Å². The lowest BCUT2D eigenvalue weighted by atomic mass is 10.1. The van der Waals surface area contributed by atoms with Gasteiger partial charge < -0.3 is 4.74 Å². The molecule has 0 saturated carbocycles. The maximum Gasteiger partial charge on any atom is 0.257 e. The minimum atomic E-state index is -2.41. The molecule has 3 unspecified atom stereocenters. The standard InChI is InChI=1S/C16H27F2N5O/c1-12-6-21(7-13(2)24-12)8-14-4-3-5-22(14)10-16-19-11-20-23(16)9-15(17)18/h11-15H,3-10H2,1-2H3. The minimum Gasteiger partial charge on any atom is -0.373 e. The van der Waals surface area contributed by atoms with Crippen LogP contribution >= 0.6 is 0 Å². The Hall–Kier alpha value is -1.12. The van der Waals surface area contributed by atoms with Crippen LogP contribution in [0.15, 0.2) is 6.33 Å². The quantitative estimate of drug-likeness (QED) is 0.785. The number of hydrogen-bond acceptors (Lipinski definition) is 5. The van der Waals surface area contributed by atoms with Gasteiger partial charge in [0.2, 0.25) is 0 Å². The number of morpholine rings is 1. The van der Waals surface area contributed by atoms with Gasteiger partial charge in [0.1, 0.15) is 18.7 Å². The maximum absolute atomic E-state index is 12.6. The van der Waals surface area contributed by atoms with Gasteiger partial charge in [-0.1, -0.05) is 0 Å². The third-order valence-corrected chi connectivity index (χ3v) is 4.81. The van der Waals surface area contributed by atoms with Crippen LogP contribution in [0, 0.1) is 0 Å². The van der Waals surface area contributed by atoms with Crippen LogP contribution in [0.2, 0.25) is 0 Å². The molecule has 2 saturated heterocycles. The van der Waals surface area contributed by atoms with Crippen LogP contribution in [0.3, 0.4) is 0 Å². The van der Waals surface area contributed by atoms with Gasteiger partial charge in [0.15, 0.2) is 0 Å². The summed E-state index contributed by atoms with van der Waals surface area (Å²) < 4.78 is 32.4. The number of aromatic nitrogens is 3. The van der Waals surface area contributed by atoms with Crippen LogP contribution in [-0.4, -0.2) is 75.4 Å². The molecule has 8 heteroatoms. The number of ether oxygens (including phenoxy) is 1. The lowest BCUT2D eigenvalue weighted by molar-refractivity contribution is -0.0725. The lowest BCUT2D eigenvalue weighted by Crippen LogP contribution is -2.50. The largest absolute Gasteiger partial charge is 0.373 e. The molecule has 2 aliphatic heterocycles. The van der Waals surface area contributed by atoms with E-state index in [1.165, 1.54) is 11.0 Å². The van der Waals surface area contributed by atoms with Crippen molar-refractivity contribution in [2.45, 2.75) is 64.5 Å². The molecule has 0 radical (unpaired) electrons. The molecule has 3 rings (SSSR count). The van der Waals surface area contributed by atoms with Gasteiger partial charge in [-0.25, -0.2) is 18.4 Å². The molecule has 0 aromatic carbocycles. The Balaban J connectivity index is 1.58. The molecule has 24 heavy (non-hydrogen) atoms. The average Bonchev–Trinajstić information content (AvgIpc) is 3.08. The number of rotatable bonds is 6. The summed E-state index contributed by atoms with van der Waals surface area (Å²) in [5.74, 6) is 0.630. The van der Waals surface area contributed by atoms with E-state index in [4.69, 9.17) is 4.74 Å². The van der Waals surface area contributed by atoms with E-state index in [0.29, 0.717) is 18.4 Å². The second-order valence-electron chi connectivity index (χ2n) is 6.99. The van der Waals surface area contributed by atoms with E-state index in [9.17, 15) is 8.78 Å². The Morgan fingerprint density at radius 3 is 2.75 bits per heavy atom. The van der Waals surface area contributed by atoms with E-state index in [1.807, 2.05) is 0 Å². The first-order valence-corrected chi connectivity index (χ1v) is 8.78. The summed E-state index contributed by atoms with van der Waals surface area (Å²) in [4.78, 5) is 9.00. The predicted molar refractivity (Wildman–Crippen MR) is 85.9 cm³/mol. The molecule has 0 spiro atoms. The molecule has 2 fully saturated rings. The molecule has 0 N–H and O–H groups in total. The maximum atomic E-state index is 12.6. The van der Waals surface area contributed by atoms with E-state index in [2.05, 4.69) is 33.7 Å². The summed E-state index contributed by atoms with van der Waals surface area (Å²) in [6.45, 7) is 8.33. The van der Waals surface area contributed by atoms with Gasteiger partial charge >= 0.3 is 0 Å². The van der Waals surface area contributed by atoms with Gasteiger partial charge in [-0.2, -0.15) is 5.10 Å². The van der Waals surface area contributed by atoms with Crippen molar-refractivity contribution in [2.24, 2.45) is 0 Å². The molecule has 3 heterocycles. The molecule has 1 aromatic rings. The second kappa shape index (κ2) is 7.84. The third kappa shape index (κ3) is 4.49. The zero-order valence-electron chi connectivity index (χ0n) is 14.4. The number of alkyl halides is 2. The normalized spacial score (nSPS) is 29.6. The fourth-order valence-corrected chi connectivity index (χ4v) is 3.92. The van der Waals surface area contributed by atoms with Gasteiger partial charge in [0.05, 0.1) is 18.8 Å². The summed E-state index contributed by atoms with van der Waals surface area (Å²) in [7, 11) is 0. The second-order valence-corrected chi connectivity index (χ2v) is 6.99. The van der Waals surface area contributed by atoms with Crippen molar-refractivity contribution in [2.75, 3.05) is 26.2 Å². The fourth-order valence-electron chi connectivity index (χ4n) is 3.92. The van der Waals surface area contributed by atoms with Crippen LogP contribution in [0.25, 0.3) is 0 Å². The Morgan fingerprint density at radius 1 is 1.29 bits per heavy atom. The molecule has 136 valence electrons. The first-order chi connectivity index (χ1) is 11.5. The van der Waals surface area contributed by atoms with E-state index in [-0.39, 0.29) is 18.8 Å². The zero-order valence-corrected chi connectivity index (χ0v) is 14.4. The first kappa shape index (κ1) is 17.7. The molecule has 1 aromatic heterocycles. The third-order valence-electron chi connectivity index (χ3n) is 4.81. The van der Waals surface area contributed by atoms with Crippen LogP contribution in [-0.2, 0) is 17.8 Å². The highest BCUT2D eigenvalue weighted by Crippen LogP contribution is 2.22. The van der Waals surface area contributed by atoms with Crippen LogP contribution in [0.4, 0.5) is 8.78 Å². The monoisotopic (exact) mass is 343 g/mol. The smallest absolute Gasteiger partial charge is 0.257 e. The number of halogens is 2. The van der Waals surface area contributed by atoms with Crippen molar-refractivity contribution in [3.63, 3.8) is 0 Å². The fraction of sp³-hybridized carbons (Fsp3) is 0.875. The van der Waals surface area contributed by atoms with Gasteiger partial charge in [-0.15, -0.1) is 0 Å². The number of likely N-dealkylation sites (tertiary alicyclic amines) is 1. The molecule has 0 aliphatic carbocycles. The predicted octanol–water partition coefficient (Wildman–Crippen LogP) is 1.62. The number of nitrogens with zero attached hydrogens (tertiary/aromatic N) is 5. The highest BCUT2D eigenvalue weighted by Gasteiger charge is 2.30. The summed E-state index contributed by atoms with van der Waals surface area (Å²) in [5.41, 5.74) is 0. The Labute approximate surface area is 141 Å². The van der Waals surface area contributed by atoms with Gasteiger partial charge in [0.25, 0.3) is 6.43 Å². The van der Waals surface area contributed by atoms with Crippen LogP contribution in [0.5, 0.6) is 0 Å². The van der Waals surface area contributed by atoms with Crippen LogP contribution < -0.4 is 0 Å². The molecule has 2 aliphatic rings. The summed E-state index contributed by atoms with van der Waals surface area (Å²) >= 11 is 0. The van der Waals surface area contributed by atoms with E-state index >= 15 is 0 Å². The summed E-state index contributed by atoms with van der Waals surface area (Å²) in [6, 6.07) is 0.444. The Morgan fingerprint density at radius 2 is 2.04 bits per heavy atom. The number of hydrogen-bond donors (Lipinski definition) is 0. The van der Waals surface area contributed by atoms with Crippen molar-refractivity contribution < 1.29 is 13.5 Å². The molecule has 0 amide bonds. The minimum absolute atomic E-state index is 0.262. The van der Waals surface area contributed by atoms with Gasteiger partial charge in [-0.05, 0) is 33.2 Å². The Kier molecular flexibility index (Phi) is 5.78. The first-order valence-electron chi connectivity index (χ1n) is 8.78. The lowest BCUT2D eigenvalue weighted by Gasteiger charge is -2.38. The summed E-state index contributed by atoms with van der Waals surface area (Å²) in [5, 5.41) is 3.93. The zero-order chi connectivity index (χ0) is 17.1. The van der Waals surface area contributed by atoms with Crippen molar-refractivity contribution in [1.82, 2.24) is 24.6 Å². The van der Waals surface area contributed by atoms with Crippen LogP contribution in [0.1, 0.15) is 32.5 Å². The molecule has 3 atom stereocenters. The molecule has 6 nitrogen and oxygen atoms in total. The van der Waals surface area contributed by atoms with Crippen molar-refractivity contribution in [3.8, 4) is 0 Å². The molecular weight excluding hydrogens is 316 g/mol. The molecule has 0 bridgehead atoms. The van der Waals surface area contributed by atoms with E-state index in [0.717, 1.165) is 39.0 Å². The topological polar surface area (TPSA) is 46.4 Å². The highest BCUT2D eigenvalue weighted by molar-refractivity contribution is 4.91. The molecular formula is C16H27F2N5O.